The summed E-state index contributed by atoms with van der Waals surface area (Å²) in [7, 11) is -0.942. The predicted octanol–water partition coefficient (Wildman–Crippen LogP) is 0.284. The molecule has 1 rings (SSSR count). The second kappa shape index (κ2) is 5.97. The van der Waals surface area contributed by atoms with Crippen molar-refractivity contribution in [1.29, 1.82) is 0 Å². The molecule has 0 amide bonds. The van der Waals surface area contributed by atoms with Crippen LogP contribution < -0.4 is 5.73 Å². The Bertz CT molecular complexity index is 324. The van der Waals surface area contributed by atoms with E-state index in [2.05, 4.69) is 17.0 Å². The van der Waals surface area contributed by atoms with Crippen LogP contribution >= 0.6 is 0 Å². The first-order valence-corrected chi connectivity index (χ1v) is 6.59. The Morgan fingerprint density at radius 3 is 3.00 bits per heavy atom. The van der Waals surface area contributed by atoms with Crippen LogP contribution in [0.25, 0.3) is 0 Å². The zero-order chi connectivity index (χ0) is 11.3. The third-order valence-electron chi connectivity index (χ3n) is 1.87. The minimum atomic E-state index is -0.942. The maximum atomic E-state index is 11.6. The number of rotatable bonds is 6. The Hall–Kier alpha value is -0.750. The van der Waals surface area contributed by atoms with Gasteiger partial charge in [-0.1, -0.05) is 6.92 Å². The number of nitrogens with two attached hydrogens (primary N) is 1. The summed E-state index contributed by atoms with van der Waals surface area (Å²) in [5.74, 6) is 1.75. The lowest BCUT2D eigenvalue weighted by atomic mass is 10.4. The van der Waals surface area contributed by atoms with E-state index in [0.29, 0.717) is 11.5 Å². The smallest absolute Gasteiger partial charge is 0.139 e. The van der Waals surface area contributed by atoms with Crippen LogP contribution in [0.2, 0.25) is 0 Å². The van der Waals surface area contributed by atoms with Crippen molar-refractivity contribution in [3.63, 3.8) is 0 Å². The van der Waals surface area contributed by atoms with Crippen molar-refractivity contribution >= 4 is 10.8 Å². The van der Waals surface area contributed by atoms with Gasteiger partial charge in [-0.2, -0.15) is 5.10 Å². The first kappa shape index (κ1) is 12.3. The van der Waals surface area contributed by atoms with E-state index >= 15 is 0 Å². The Kier molecular flexibility index (Phi) is 4.90. The van der Waals surface area contributed by atoms with Crippen LogP contribution in [0.1, 0.15) is 26.1 Å². The van der Waals surface area contributed by atoms with Crippen LogP contribution in [0.4, 0.5) is 0 Å². The highest BCUT2D eigenvalue weighted by atomic mass is 32.2. The average Bonchev–Trinajstić information content (AvgIpc) is 2.52. The second-order valence-corrected chi connectivity index (χ2v) is 5.13. The zero-order valence-electron chi connectivity index (χ0n) is 9.22. The molecule has 1 aromatic heterocycles. The number of aromatic nitrogens is 3. The molecule has 0 aliphatic carbocycles. The lowest BCUT2D eigenvalue weighted by Crippen LogP contribution is -2.24. The van der Waals surface area contributed by atoms with Gasteiger partial charge >= 0.3 is 0 Å². The van der Waals surface area contributed by atoms with Gasteiger partial charge in [-0.05, 0) is 13.3 Å². The standard InChI is InChI=1S/C9H18N4OS/c1-3-4-13-9(11-7-12-13)6-15(14)5-8(2)10/h7-8H,3-6,10H2,1-2H3. The molecule has 0 saturated heterocycles. The van der Waals surface area contributed by atoms with Gasteiger partial charge in [0.15, 0.2) is 0 Å². The summed E-state index contributed by atoms with van der Waals surface area (Å²) in [4.78, 5) is 4.10. The molecule has 0 aliphatic rings. The highest BCUT2D eigenvalue weighted by Crippen LogP contribution is 2.01. The molecule has 1 heterocycles. The van der Waals surface area contributed by atoms with Crippen LogP contribution in [0.5, 0.6) is 0 Å². The Balaban J connectivity index is 2.55. The summed E-state index contributed by atoms with van der Waals surface area (Å²) in [6.07, 6.45) is 2.50. The van der Waals surface area contributed by atoms with Crippen LogP contribution in [0.15, 0.2) is 6.33 Å². The van der Waals surface area contributed by atoms with E-state index in [9.17, 15) is 4.21 Å². The minimum Gasteiger partial charge on any atom is -0.327 e. The summed E-state index contributed by atoms with van der Waals surface area (Å²) in [6.45, 7) is 4.75. The van der Waals surface area contributed by atoms with Gasteiger partial charge in [-0.15, -0.1) is 0 Å². The molecule has 0 aliphatic heterocycles. The zero-order valence-corrected chi connectivity index (χ0v) is 10.0. The van der Waals surface area contributed by atoms with Gasteiger partial charge < -0.3 is 5.73 Å². The molecule has 0 bridgehead atoms. The van der Waals surface area contributed by atoms with Crippen molar-refractivity contribution < 1.29 is 4.21 Å². The Morgan fingerprint density at radius 2 is 2.40 bits per heavy atom. The van der Waals surface area contributed by atoms with E-state index in [1.54, 1.807) is 4.68 Å². The molecule has 0 fully saturated rings. The fourth-order valence-electron chi connectivity index (χ4n) is 1.29. The highest BCUT2D eigenvalue weighted by molar-refractivity contribution is 7.84. The molecule has 2 atom stereocenters. The SMILES string of the molecule is CCCn1ncnc1CS(=O)CC(C)N. The quantitative estimate of drug-likeness (QED) is 0.762. The molecular weight excluding hydrogens is 212 g/mol. The number of hydrogen-bond donors (Lipinski definition) is 1. The number of aryl methyl sites for hydroxylation is 1. The van der Waals surface area contributed by atoms with Crippen molar-refractivity contribution in [2.24, 2.45) is 5.73 Å². The van der Waals surface area contributed by atoms with E-state index in [1.807, 2.05) is 6.92 Å². The van der Waals surface area contributed by atoms with E-state index in [0.717, 1.165) is 18.8 Å². The average molecular weight is 230 g/mol. The number of hydrogen-bond acceptors (Lipinski definition) is 4. The van der Waals surface area contributed by atoms with E-state index < -0.39 is 10.8 Å². The molecule has 2 N–H and O–H groups in total. The maximum Gasteiger partial charge on any atom is 0.139 e. The molecule has 1 aromatic rings. The van der Waals surface area contributed by atoms with Crippen LogP contribution in [-0.2, 0) is 23.1 Å². The largest absolute Gasteiger partial charge is 0.327 e. The minimum absolute atomic E-state index is 0.0339. The molecule has 5 nitrogen and oxygen atoms in total. The normalized spacial score (nSPS) is 15.1. The first-order chi connectivity index (χ1) is 7.13. The number of nitrogens with zero attached hydrogens (tertiary/aromatic N) is 3. The van der Waals surface area contributed by atoms with Gasteiger partial charge in [0.25, 0.3) is 0 Å². The van der Waals surface area contributed by atoms with Crippen molar-refractivity contribution in [3.8, 4) is 0 Å². The van der Waals surface area contributed by atoms with Crippen LogP contribution in [0, 0.1) is 0 Å². The highest BCUT2D eigenvalue weighted by Gasteiger charge is 2.09. The summed E-state index contributed by atoms with van der Waals surface area (Å²) in [5.41, 5.74) is 5.58. The van der Waals surface area contributed by atoms with Crippen molar-refractivity contribution in [2.45, 2.75) is 38.6 Å². The third kappa shape index (κ3) is 4.09. The fraction of sp³-hybridized carbons (Fsp3) is 0.778. The van der Waals surface area contributed by atoms with Gasteiger partial charge in [0.1, 0.15) is 12.2 Å². The Morgan fingerprint density at radius 1 is 1.67 bits per heavy atom. The predicted molar refractivity (Wildman–Crippen MR) is 60.7 cm³/mol. The molecule has 86 valence electrons. The van der Waals surface area contributed by atoms with E-state index in [1.165, 1.54) is 6.33 Å². The molecule has 2 unspecified atom stereocenters. The van der Waals surface area contributed by atoms with Crippen molar-refractivity contribution in [1.82, 2.24) is 14.8 Å². The van der Waals surface area contributed by atoms with Gasteiger partial charge in [0, 0.05) is 29.1 Å². The molecular formula is C9H18N4OS. The maximum absolute atomic E-state index is 11.6. The van der Waals surface area contributed by atoms with Gasteiger partial charge in [-0.25, -0.2) is 9.67 Å². The van der Waals surface area contributed by atoms with Gasteiger partial charge in [-0.3, -0.25) is 4.21 Å². The molecule has 0 spiro atoms. The van der Waals surface area contributed by atoms with Crippen LogP contribution in [0.3, 0.4) is 0 Å². The fourth-order valence-corrected chi connectivity index (χ4v) is 2.51. The molecule has 15 heavy (non-hydrogen) atoms. The monoisotopic (exact) mass is 230 g/mol. The first-order valence-electron chi connectivity index (χ1n) is 5.10. The summed E-state index contributed by atoms with van der Waals surface area (Å²) in [6, 6.07) is -0.0339. The van der Waals surface area contributed by atoms with E-state index in [-0.39, 0.29) is 6.04 Å². The lowest BCUT2D eigenvalue weighted by molar-refractivity contribution is 0.579. The second-order valence-electron chi connectivity index (χ2n) is 3.63. The molecule has 0 radical (unpaired) electrons. The van der Waals surface area contributed by atoms with Crippen LogP contribution in [-0.4, -0.2) is 30.8 Å². The van der Waals surface area contributed by atoms with Gasteiger partial charge in [0.2, 0.25) is 0 Å². The molecule has 0 aromatic carbocycles. The summed E-state index contributed by atoms with van der Waals surface area (Å²) in [5, 5.41) is 4.08. The van der Waals surface area contributed by atoms with E-state index in [4.69, 9.17) is 5.73 Å². The van der Waals surface area contributed by atoms with Crippen molar-refractivity contribution in [2.75, 3.05) is 5.75 Å². The third-order valence-corrected chi connectivity index (χ3v) is 3.35. The molecule has 0 saturated carbocycles. The summed E-state index contributed by atoms with van der Waals surface area (Å²) >= 11 is 0. The Labute approximate surface area is 92.5 Å². The van der Waals surface area contributed by atoms with Gasteiger partial charge in [0.05, 0.1) is 5.75 Å². The summed E-state index contributed by atoms with van der Waals surface area (Å²) < 4.78 is 13.4. The lowest BCUT2D eigenvalue weighted by Gasteiger charge is -2.06. The topological polar surface area (TPSA) is 73.8 Å². The van der Waals surface area contributed by atoms with Crippen molar-refractivity contribution in [3.05, 3.63) is 12.2 Å². The molecule has 6 heteroatoms.